The molecule has 0 aromatic heterocycles. The lowest BCUT2D eigenvalue weighted by molar-refractivity contribution is -0.152. The highest BCUT2D eigenvalue weighted by Gasteiger charge is 2.69. The van der Waals surface area contributed by atoms with E-state index in [1.165, 1.54) is 13.0 Å². The summed E-state index contributed by atoms with van der Waals surface area (Å²) >= 11 is 0. The Kier molecular flexibility index (Phi) is 5.95. The van der Waals surface area contributed by atoms with Gasteiger partial charge in [-0.05, 0) is 50.6 Å². The average molecular weight is 482 g/mol. The monoisotopic (exact) mass is 481 g/mol. The van der Waals surface area contributed by atoms with Gasteiger partial charge in [0.25, 0.3) is 0 Å². The number of likely N-dealkylation sites (tertiary alicyclic amines) is 1. The number of carbonyl (C=O) groups is 3. The van der Waals surface area contributed by atoms with Crippen molar-refractivity contribution in [3.8, 4) is 0 Å². The number of ether oxygens (including phenoxy) is 3. The lowest BCUT2D eigenvalue weighted by atomic mass is 9.48. The van der Waals surface area contributed by atoms with Gasteiger partial charge in [-0.25, -0.2) is 0 Å². The van der Waals surface area contributed by atoms with Crippen molar-refractivity contribution in [3.05, 3.63) is 60.1 Å². The molecule has 0 radical (unpaired) electrons. The number of allylic oxidation sites excluding steroid dienone is 5. The Morgan fingerprint density at radius 3 is 2.66 bits per heavy atom. The Bertz CT molecular complexity index is 1090. The zero-order chi connectivity index (χ0) is 24.9. The van der Waals surface area contributed by atoms with Gasteiger partial charge >= 0.3 is 11.9 Å². The van der Waals surface area contributed by atoms with E-state index in [1.54, 1.807) is 31.4 Å². The van der Waals surface area contributed by atoms with Crippen LogP contribution in [0.2, 0.25) is 0 Å². The van der Waals surface area contributed by atoms with Gasteiger partial charge in [-0.2, -0.15) is 0 Å². The molecule has 1 saturated carbocycles. The lowest BCUT2D eigenvalue weighted by Crippen LogP contribution is -2.64. The summed E-state index contributed by atoms with van der Waals surface area (Å²) in [5.74, 6) is 0.828. The predicted molar refractivity (Wildman–Crippen MR) is 126 cm³/mol. The standard InChI is InChI=1S/C18H21NO3.C9H10O4/c1-19-8-7-18-11-4-5-13(20)17(18)22-16-14(21-2)6-3-10(15(16)18)9-12(11)19;1-6(10)13-8-5-3-2-4-7(8)9(11)12/h3-6,10-12,15,17H,7-9H2,1-2H3;2-5,7-8H,1H3,(H,11,12)/t10?,11-,12+,15?,17-,18-;/m0./s1. The Morgan fingerprint density at radius 1 is 1.17 bits per heavy atom. The molecule has 2 heterocycles. The van der Waals surface area contributed by atoms with E-state index in [-0.39, 0.29) is 17.3 Å². The second-order valence-corrected chi connectivity index (χ2v) is 10.1. The maximum absolute atomic E-state index is 12.6. The first-order valence-corrected chi connectivity index (χ1v) is 12.1. The van der Waals surface area contributed by atoms with E-state index in [1.807, 2.05) is 6.08 Å². The van der Waals surface area contributed by atoms with Gasteiger partial charge in [0.05, 0.1) is 7.11 Å². The molecule has 1 spiro atoms. The molecule has 6 aliphatic rings. The predicted octanol–water partition coefficient (Wildman–Crippen LogP) is 2.64. The number of carbonyl (C=O) groups excluding carboxylic acids is 2. The van der Waals surface area contributed by atoms with Crippen LogP contribution in [0.15, 0.2) is 60.1 Å². The number of carboxylic acids is 1. The van der Waals surface area contributed by atoms with Crippen LogP contribution in [0.5, 0.6) is 0 Å². The summed E-state index contributed by atoms with van der Waals surface area (Å²) < 4.78 is 16.6. The second-order valence-electron chi connectivity index (χ2n) is 10.1. The third-order valence-corrected chi connectivity index (χ3v) is 8.39. The van der Waals surface area contributed by atoms with Gasteiger partial charge in [-0.1, -0.05) is 30.4 Å². The van der Waals surface area contributed by atoms with Crippen molar-refractivity contribution >= 4 is 17.7 Å². The molecule has 186 valence electrons. The second kappa shape index (κ2) is 8.82. The van der Waals surface area contributed by atoms with Gasteiger partial charge < -0.3 is 24.2 Å². The third-order valence-electron chi connectivity index (χ3n) is 8.39. The molecule has 4 aliphatic carbocycles. The maximum atomic E-state index is 12.6. The molecule has 4 unspecified atom stereocenters. The van der Waals surface area contributed by atoms with Crippen LogP contribution in [-0.2, 0) is 28.6 Å². The first-order valence-electron chi connectivity index (χ1n) is 12.1. The van der Waals surface area contributed by atoms with E-state index in [4.69, 9.17) is 19.3 Å². The number of piperidine rings is 1. The Morgan fingerprint density at radius 2 is 1.94 bits per heavy atom. The van der Waals surface area contributed by atoms with Crippen molar-refractivity contribution in [1.29, 1.82) is 0 Å². The minimum absolute atomic E-state index is 0.0597. The first-order chi connectivity index (χ1) is 16.8. The van der Waals surface area contributed by atoms with Crippen molar-refractivity contribution in [1.82, 2.24) is 4.90 Å². The Labute approximate surface area is 204 Å². The van der Waals surface area contributed by atoms with Crippen LogP contribution in [0.4, 0.5) is 0 Å². The van der Waals surface area contributed by atoms with Crippen molar-refractivity contribution in [2.75, 3.05) is 20.7 Å². The van der Waals surface area contributed by atoms with Gasteiger partial charge in [0, 0.05) is 30.2 Å². The molecule has 2 bridgehead atoms. The molecule has 0 amide bonds. The smallest absolute Gasteiger partial charge is 0.314 e. The summed E-state index contributed by atoms with van der Waals surface area (Å²) in [4.78, 5) is 36.3. The number of hydrogen-bond donors (Lipinski definition) is 1. The van der Waals surface area contributed by atoms with Gasteiger partial charge in [0.2, 0.25) is 0 Å². The molecule has 0 aromatic rings. The molecule has 6 rings (SSSR count). The molecule has 8 heteroatoms. The zero-order valence-corrected chi connectivity index (χ0v) is 20.1. The largest absolute Gasteiger partial charge is 0.493 e. The van der Waals surface area contributed by atoms with Crippen LogP contribution in [0.25, 0.3) is 0 Å². The number of hydrogen-bond acceptors (Lipinski definition) is 7. The van der Waals surface area contributed by atoms with E-state index in [0.717, 1.165) is 30.9 Å². The SMILES string of the molecule is CC(=O)OC1C=CC=CC1C(=O)O.COC1=C2O[C@H]3C(=O)C=C[C@H]4[C@H]5CC(C=C1)C2[C@@]34CCN5C. The lowest BCUT2D eigenvalue weighted by Gasteiger charge is -2.59. The van der Waals surface area contributed by atoms with Crippen molar-refractivity contribution in [2.24, 2.45) is 29.1 Å². The molecule has 8 nitrogen and oxygen atoms in total. The fraction of sp³-hybridized carbons (Fsp3) is 0.519. The quantitative estimate of drug-likeness (QED) is 0.614. The highest BCUT2D eigenvalue weighted by atomic mass is 16.5. The summed E-state index contributed by atoms with van der Waals surface area (Å²) in [6, 6.07) is 0.513. The minimum Gasteiger partial charge on any atom is -0.493 e. The van der Waals surface area contributed by atoms with Crippen LogP contribution in [0, 0.1) is 29.1 Å². The molecule has 0 aromatic carbocycles. The number of ketones is 1. The number of aliphatic carboxylic acids is 1. The number of nitrogens with zero attached hydrogens (tertiary/aromatic N) is 1. The van der Waals surface area contributed by atoms with Crippen molar-refractivity contribution in [3.63, 3.8) is 0 Å². The van der Waals surface area contributed by atoms with Crippen LogP contribution < -0.4 is 0 Å². The van der Waals surface area contributed by atoms with E-state index in [9.17, 15) is 14.4 Å². The van der Waals surface area contributed by atoms with Crippen LogP contribution in [0.3, 0.4) is 0 Å². The topological polar surface area (TPSA) is 102 Å². The average Bonchev–Trinajstić information content (AvgIpc) is 3.18. The third kappa shape index (κ3) is 3.66. The fourth-order valence-corrected chi connectivity index (χ4v) is 6.95. The number of rotatable bonds is 3. The van der Waals surface area contributed by atoms with Crippen LogP contribution in [0.1, 0.15) is 19.8 Å². The molecular weight excluding hydrogens is 450 g/mol. The summed E-state index contributed by atoms with van der Waals surface area (Å²) in [5, 5.41) is 8.75. The van der Waals surface area contributed by atoms with Gasteiger partial charge in [0.1, 0.15) is 17.8 Å². The molecular formula is C27H31NO7. The van der Waals surface area contributed by atoms with Gasteiger partial charge in [-0.15, -0.1) is 0 Å². The van der Waals surface area contributed by atoms with E-state index in [2.05, 4.69) is 24.1 Å². The van der Waals surface area contributed by atoms with Crippen LogP contribution >= 0.6 is 0 Å². The molecule has 2 saturated heterocycles. The van der Waals surface area contributed by atoms with Crippen LogP contribution in [-0.4, -0.2) is 66.7 Å². The van der Waals surface area contributed by atoms with Gasteiger partial charge in [0.15, 0.2) is 17.6 Å². The highest BCUT2D eigenvalue weighted by Crippen LogP contribution is 2.66. The molecule has 35 heavy (non-hydrogen) atoms. The minimum atomic E-state index is -0.994. The molecule has 3 fully saturated rings. The number of carboxylic acid groups (broad SMARTS) is 1. The molecule has 2 aliphatic heterocycles. The summed E-state index contributed by atoms with van der Waals surface area (Å²) in [6.07, 6.45) is 15.8. The van der Waals surface area contributed by atoms with Gasteiger partial charge in [-0.3, -0.25) is 14.4 Å². The van der Waals surface area contributed by atoms with E-state index in [0.29, 0.717) is 23.8 Å². The summed E-state index contributed by atoms with van der Waals surface area (Å²) in [7, 11) is 3.91. The maximum Gasteiger partial charge on any atom is 0.314 e. The Hall–Kier alpha value is -3.13. The normalized spacial score (nSPS) is 39.9. The summed E-state index contributed by atoms with van der Waals surface area (Å²) in [6.45, 7) is 2.30. The van der Waals surface area contributed by atoms with Crippen molar-refractivity contribution < 1.29 is 33.7 Å². The van der Waals surface area contributed by atoms with E-state index < -0.39 is 24.0 Å². The number of methoxy groups -OCH3 is 1. The fourth-order valence-electron chi connectivity index (χ4n) is 6.95. The van der Waals surface area contributed by atoms with Crippen molar-refractivity contribution in [2.45, 2.75) is 38.0 Å². The highest BCUT2D eigenvalue weighted by molar-refractivity contribution is 5.96. The number of esters is 1. The van der Waals surface area contributed by atoms with E-state index >= 15 is 0 Å². The summed E-state index contributed by atoms with van der Waals surface area (Å²) in [5.41, 5.74) is -0.0597. The molecule has 1 N–H and O–H groups in total. The Balaban J connectivity index is 0.000000168. The first kappa shape index (κ1) is 23.6. The zero-order valence-electron chi connectivity index (χ0n) is 20.1. The molecule has 8 atom stereocenters.